The summed E-state index contributed by atoms with van der Waals surface area (Å²) in [7, 11) is 0. The highest BCUT2D eigenvalue weighted by Gasteiger charge is 2.20. The van der Waals surface area contributed by atoms with Gasteiger partial charge in [-0.2, -0.15) is 0 Å². The smallest absolute Gasteiger partial charge is 0.121 e. The molecule has 0 saturated carbocycles. The predicted molar refractivity (Wildman–Crippen MR) is 95.3 cm³/mol. The van der Waals surface area contributed by atoms with E-state index in [0.29, 0.717) is 4.99 Å². The summed E-state index contributed by atoms with van der Waals surface area (Å²) in [5.74, 6) is 0.274. The van der Waals surface area contributed by atoms with Crippen LogP contribution in [-0.4, -0.2) is 10.1 Å². The standard InChI is InChI=1S/C19H17NOS/c1-13(22)20-19(15-8-3-2-4-9-15)18-16-10-6-5-7-14(16)11-12-17(18)21/h2-12,19,21H,1H3,(H,20,22). The fourth-order valence-corrected chi connectivity index (χ4v) is 2.88. The highest BCUT2D eigenvalue weighted by molar-refractivity contribution is 7.80. The monoisotopic (exact) mass is 307 g/mol. The Morgan fingerprint density at radius 3 is 2.36 bits per heavy atom. The van der Waals surface area contributed by atoms with E-state index in [-0.39, 0.29) is 11.8 Å². The molecule has 0 amide bonds. The van der Waals surface area contributed by atoms with Crippen molar-refractivity contribution in [3.05, 3.63) is 77.9 Å². The first-order valence-electron chi connectivity index (χ1n) is 7.19. The third kappa shape index (κ3) is 2.81. The van der Waals surface area contributed by atoms with Gasteiger partial charge in [-0.3, -0.25) is 0 Å². The molecule has 2 N–H and O–H groups in total. The van der Waals surface area contributed by atoms with Crippen molar-refractivity contribution in [1.82, 2.24) is 5.32 Å². The minimum absolute atomic E-state index is 0.176. The third-order valence-electron chi connectivity index (χ3n) is 3.72. The van der Waals surface area contributed by atoms with Crippen LogP contribution >= 0.6 is 12.2 Å². The van der Waals surface area contributed by atoms with Crippen LogP contribution in [0.5, 0.6) is 5.75 Å². The van der Waals surface area contributed by atoms with Crippen molar-refractivity contribution in [3.8, 4) is 5.75 Å². The van der Waals surface area contributed by atoms with E-state index in [2.05, 4.69) is 5.32 Å². The summed E-state index contributed by atoms with van der Waals surface area (Å²) in [4.78, 5) is 0.696. The van der Waals surface area contributed by atoms with Gasteiger partial charge in [0.05, 0.1) is 11.0 Å². The van der Waals surface area contributed by atoms with E-state index >= 15 is 0 Å². The molecule has 1 unspecified atom stereocenters. The van der Waals surface area contributed by atoms with E-state index in [0.717, 1.165) is 21.9 Å². The van der Waals surface area contributed by atoms with Crippen LogP contribution in [0, 0.1) is 0 Å². The van der Waals surface area contributed by atoms with Crippen LogP contribution in [0.15, 0.2) is 66.7 Å². The summed E-state index contributed by atoms with van der Waals surface area (Å²) in [5, 5.41) is 15.9. The van der Waals surface area contributed by atoms with Crippen molar-refractivity contribution in [2.24, 2.45) is 0 Å². The molecule has 0 aliphatic heterocycles. The van der Waals surface area contributed by atoms with Gasteiger partial charge in [0.1, 0.15) is 5.75 Å². The molecule has 0 fully saturated rings. The fraction of sp³-hybridized carbons (Fsp3) is 0.105. The Bertz CT molecular complexity index is 814. The van der Waals surface area contributed by atoms with Gasteiger partial charge in [0.25, 0.3) is 0 Å². The van der Waals surface area contributed by atoms with Gasteiger partial charge in [0.2, 0.25) is 0 Å². The summed E-state index contributed by atoms with van der Waals surface area (Å²) in [6.45, 7) is 1.85. The number of phenols is 1. The van der Waals surface area contributed by atoms with E-state index in [1.54, 1.807) is 6.07 Å². The van der Waals surface area contributed by atoms with Crippen LogP contribution in [0.4, 0.5) is 0 Å². The highest BCUT2D eigenvalue weighted by Crippen LogP contribution is 2.35. The Kier molecular flexibility index (Phi) is 4.07. The molecule has 0 aromatic heterocycles. The zero-order valence-electron chi connectivity index (χ0n) is 12.3. The van der Waals surface area contributed by atoms with Crippen molar-refractivity contribution < 1.29 is 5.11 Å². The first kappa shape index (κ1) is 14.5. The van der Waals surface area contributed by atoms with E-state index in [9.17, 15) is 5.11 Å². The third-order valence-corrected chi connectivity index (χ3v) is 3.83. The van der Waals surface area contributed by atoms with Crippen molar-refractivity contribution in [3.63, 3.8) is 0 Å². The summed E-state index contributed by atoms with van der Waals surface area (Å²) in [6.07, 6.45) is 0. The minimum Gasteiger partial charge on any atom is -0.508 e. The Morgan fingerprint density at radius 2 is 1.64 bits per heavy atom. The molecular formula is C19H17NOS. The topological polar surface area (TPSA) is 32.3 Å². The van der Waals surface area contributed by atoms with Crippen LogP contribution in [0.2, 0.25) is 0 Å². The molecule has 3 aromatic rings. The summed E-state index contributed by atoms with van der Waals surface area (Å²) >= 11 is 5.25. The molecule has 3 heteroatoms. The summed E-state index contributed by atoms with van der Waals surface area (Å²) in [6, 6.07) is 21.6. The molecule has 0 radical (unpaired) electrons. The lowest BCUT2D eigenvalue weighted by Crippen LogP contribution is -2.26. The number of thiocarbonyl (C=S) groups is 1. The van der Waals surface area contributed by atoms with Crippen LogP contribution in [0.3, 0.4) is 0 Å². The molecule has 3 rings (SSSR count). The predicted octanol–water partition coefficient (Wildman–Crippen LogP) is 4.57. The van der Waals surface area contributed by atoms with Crippen LogP contribution in [0.1, 0.15) is 24.1 Å². The average molecular weight is 307 g/mol. The SMILES string of the molecule is CC(=S)NC(c1ccccc1)c1c(O)ccc2ccccc12. The highest BCUT2D eigenvalue weighted by atomic mass is 32.1. The molecule has 0 aliphatic rings. The molecule has 1 atom stereocenters. The number of benzene rings is 3. The molecule has 0 aliphatic carbocycles. The zero-order chi connectivity index (χ0) is 15.5. The lowest BCUT2D eigenvalue weighted by molar-refractivity contribution is 0.464. The quantitative estimate of drug-likeness (QED) is 0.695. The van der Waals surface area contributed by atoms with Crippen LogP contribution in [-0.2, 0) is 0 Å². The number of phenolic OH excluding ortho intramolecular Hbond substituents is 1. The van der Waals surface area contributed by atoms with E-state index < -0.39 is 0 Å². The molecule has 0 spiro atoms. The Balaban J connectivity index is 2.24. The minimum atomic E-state index is -0.176. The van der Waals surface area contributed by atoms with Crippen molar-refractivity contribution in [1.29, 1.82) is 0 Å². The molecule has 3 aromatic carbocycles. The first-order valence-corrected chi connectivity index (χ1v) is 7.60. The molecule has 0 bridgehead atoms. The maximum atomic E-state index is 10.5. The Labute approximate surface area is 135 Å². The number of rotatable bonds is 3. The fourth-order valence-electron chi connectivity index (χ4n) is 2.76. The van der Waals surface area contributed by atoms with Gasteiger partial charge in [-0.15, -0.1) is 0 Å². The van der Waals surface area contributed by atoms with Crippen molar-refractivity contribution in [2.75, 3.05) is 0 Å². The zero-order valence-corrected chi connectivity index (χ0v) is 13.1. The molecule has 22 heavy (non-hydrogen) atoms. The molecule has 110 valence electrons. The second-order valence-electron chi connectivity index (χ2n) is 5.26. The van der Waals surface area contributed by atoms with Crippen molar-refractivity contribution in [2.45, 2.75) is 13.0 Å². The lowest BCUT2D eigenvalue weighted by atomic mass is 9.93. The van der Waals surface area contributed by atoms with Gasteiger partial charge < -0.3 is 10.4 Å². The first-order chi connectivity index (χ1) is 10.7. The molecule has 0 saturated heterocycles. The van der Waals surface area contributed by atoms with Gasteiger partial charge in [0.15, 0.2) is 0 Å². The normalized spacial score (nSPS) is 12.0. The molecular weight excluding hydrogens is 290 g/mol. The average Bonchev–Trinajstić information content (AvgIpc) is 2.54. The van der Waals surface area contributed by atoms with E-state index in [1.807, 2.05) is 67.6 Å². The largest absolute Gasteiger partial charge is 0.508 e. The maximum absolute atomic E-state index is 10.5. The molecule has 0 heterocycles. The van der Waals surface area contributed by atoms with Crippen LogP contribution in [0.25, 0.3) is 10.8 Å². The van der Waals surface area contributed by atoms with Crippen molar-refractivity contribution >= 4 is 28.0 Å². The summed E-state index contributed by atoms with van der Waals surface area (Å²) < 4.78 is 0. The Hall–Kier alpha value is -2.39. The maximum Gasteiger partial charge on any atom is 0.121 e. The number of aromatic hydroxyl groups is 1. The number of nitrogens with one attached hydrogen (secondary N) is 1. The van der Waals surface area contributed by atoms with Gasteiger partial charge in [0, 0.05) is 5.56 Å². The second-order valence-corrected chi connectivity index (χ2v) is 5.88. The lowest BCUT2D eigenvalue weighted by Gasteiger charge is -2.23. The van der Waals surface area contributed by atoms with Gasteiger partial charge >= 0.3 is 0 Å². The number of hydrogen-bond acceptors (Lipinski definition) is 2. The second kappa shape index (κ2) is 6.16. The van der Waals surface area contributed by atoms with Crippen LogP contribution < -0.4 is 5.32 Å². The summed E-state index contributed by atoms with van der Waals surface area (Å²) in [5.41, 5.74) is 1.92. The Morgan fingerprint density at radius 1 is 0.955 bits per heavy atom. The number of fused-ring (bicyclic) bond motifs is 1. The number of hydrogen-bond donors (Lipinski definition) is 2. The van der Waals surface area contributed by atoms with E-state index in [4.69, 9.17) is 12.2 Å². The van der Waals surface area contributed by atoms with Gasteiger partial charge in [-0.05, 0) is 29.3 Å². The van der Waals surface area contributed by atoms with Gasteiger partial charge in [-0.1, -0.05) is 72.9 Å². The molecule has 2 nitrogen and oxygen atoms in total. The van der Waals surface area contributed by atoms with E-state index in [1.165, 1.54) is 0 Å². The van der Waals surface area contributed by atoms with Gasteiger partial charge in [-0.25, -0.2) is 0 Å².